The highest BCUT2D eigenvalue weighted by Gasteiger charge is 2.26. The van der Waals surface area contributed by atoms with Gasteiger partial charge in [0, 0.05) is 6.54 Å². The summed E-state index contributed by atoms with van der Waals surface area (Å²) in [5, 5.41) is 6.25. The molecule has 20 heavy (non-hydrogen) atoms. The monoisotopic (exact) mass is 274 g/mol. The Morgan fingerprint density at radius 3 is 2.95 bits per heavy atom. The smallest absolute Gasteiger partial charge is 0.237 e. The van der Waals surface area contributed by atoms with Crippen LogP contribution >= 0.6 is 0 Å². The Balaban J connectivity index is 1.99. The predicted octanol–water partition coefficient (Wildman–Crippen LogP) is 2.35. The molecule has 3 heteroatoms. The number of carbonyl (C=O) groups is 1. The molecule has 1 aromatic rings. The molecule has 3 nitrogen and oxygen atoms in total. The van der Waals surface area contributed by atoms with E-state index >= 15 is 0 Å². The molecule has 1 aliphatic heterocycles. The Morgan fingerprint density at radius 2 is 2.20 bits per heavy atom. The topological polar surface area (TPSA) is 41.1 Å². The summed E-state index contributed by atoms with van der Waals surface area (Å²) in [5.74, 6) is 0.752. The van der Waals surface area contributed by atoms with Crippen LogP contribution in [0.5, 0.6) is 0 Å². The highest BCUT2D eigenvalue weighted by atomic mass is 16.2. The van der Waals surface area contributed by atoms with Crippen molar-refractivity contribution < 1.29 is 4.79 Å². The van der Waals surface area contributed by atoms with E-state index < -0.39 is 0 Å². The first kappa shape index (κ1) is 15.0. The molecule has 0 spiro atoms. The molecular formula is C17H26N2O. The molecular weight excluding hydrogens is 248 g/mol. The van der Waals surface area contributed by atoms with Gasteiger partial charge in [0.15, 0.2) is 0 Å². The quantitative estimate of drug-likeness (QED) is 0.885. The molecule has 0 bridgehead atoms. The summed E-state index contributed by atoms with van der Waals surface area (Å²) in [6, 6.07) is 6.64. The summed E-state index contributed by atoms with van der Waals surface area (Å²) < 4.78 is 0. The van der Waals surface area contributed by atoms with Crippen molar-refractivity contribution >= 4 is 5.91 Å². The van der Waals surface area contributed by atoms with E-state index in [-0.39, 0.29) is 11.9 Å². The van der Waals surface area contributed by atoms with Gasteiger partial charge >= 0.3 is 0 Å². The molecule has 1 aliphatic rings. The lowest BCUT2D eigenvalue weighted by Crippen LogP contribution is -2.49. The van der Waals surface area contributed by atoms with Crippen molar-refractivity contribution in [3.05, 3.63) is 34.9 Å². The van der Waals surface area contributed by atoms with Crippen LogP contribution in [0.15, 0.2) is 18.2 Å². The number of amides is 1. The van der Waals surface area contributed by atoms with E-state index in [1.165, 1.54) is 16.7 Å². The summed E-state index contributed by atoms with van der Waals surface area (Å²) in [7, 11) is 0. The van der Waals surface area contributed by atoms with Gasteiger partial charge in [-0.25, -0.2) is 0 Å². The van der Waals surface area contributed by atoms with Crippen molar-refractivity contribution in [2.45, 2.75) is 46.1 Å². The number of rotatable bonds is 4. The maximum absolute atomic E-state index is 11.9. The zero-order valence-corrected chi connectivity index (χ0v) is 12.8. The second kappa shape index (κ2) is 6.89. The third kappa shape index (κ3) is 3.83. The largest absolute Gasteiger partial charge is 0.355 e. The zero-order chi connectivity index (χ0) is 14.5. The lowest BCUT2D eigenvalue weighted by atomic mass is 9.85. The van der Waals surface area contributed by atoms with Crippen molar-refractivity contribution in [3.63, 3.8) is 0 Å². The van der Waals surface area contributed by atoms with Gasteiger partial charge in [-0.2, -0.15) is 0 Å². The van der Waals surface area contributed by atoms with Crippen molar-refractivity contribution in [1.82, 2.24) is 10.6 Å². The number of hydrogen-bond donors (Lipinski definition) is 2. The minimum Gasteiger partial charge on any atom is -0.355 e. The number of likely N-dealkylation sites (N-methyl/N-ethyl adjacent to an activating group) is 1. The second-order valence-electron chi connectivity index (χ2n) is 5.93. The fourth-order valence-corrected chi connectivity index (χ4v) is 3.01. The standard InChI is InChI=1S/C17H26N2O/c1-4-18-17(20)16-11-14(7-8-19-16)10-15-9-12(2)5-6-13(15)3/h5-6,9,14,16,19H,4,7-8,10-11H2,1-3H3,(H,18,20). The number of nitrogens with one attached hydrogen (secondary N) is 2. The van der Waals surface area contributed by atoms with E-state index in [9.17, 15) is 4.79 Å². The summed E-state index contributed by atoms with van der Waals surface area (Å²) in [5.41, 5.74) is 4.12. The van der Waals surface area contributed by atoms with Crippen LogP contribution < -0.4 is 10.6 Å². The molecule has 2 atom stereocenters. The molecule has 110 valence electrons. The van der Waals surface area contributed by atoms with Gasteiger partial charge in [0.05, 0.1) is 6.04 Å². The maximum Gasteiger partial charge on any atom is 0.237 e. The minimum atomic E-state index is -0.0150. The average molecular weight is 274 g/mol. The van der Waals surface area contributed by atoms with E-state index in [0.29, 0.717) is 12.5 Å². The molecule has 1 amide bonds. The van der Waals surface area contributed by atoms with E-state index in [0.717, 1.165) is 25.8 Å². The Morgan fingerprint density at radius 1 is 1.40 bits per heavy atom. The Labute approximate surface area is 122 Å². The molecule has 0 radical (unpaired) electrons. The van der Waals surface area contributed by atoms with Crippen molar-refractivity contribution in [2.24, 2.45) is 5.92 Å². The van der Waals surface area contributed by atoms with Crippen LogP contribution in [-0.2, 0) is 11.2 Å². The first-order valence-electron chi connectivity index (χ1n) is 7.67. The van der Waals surface area contributed by atoms with Gasteiger partial charge in [0.1, 0.15) is 0 Å². The molecule has 1 saturated heterocycles. The van der Waals surface area contributed by atoms with Crippen LogP contribution in [0.3, 0.4) is 0 Å². The Hall–Kier alpha value is -1.35. The molecule has 0 saturated carbocycles. The van der Waals surface area contributed by atoms with Crippen LogP contribution in [0, 0.1) is 19.8 Å². The number of piperidine rings is 1. The second-order valence-corrected chi connectivity index (χ2v) is 5.93. The number of benzene rings is 1. The Kier molecular flexibility index (Phi) is 5.18. The third-order valence-corrected chi connectivity index (χ3v) is 4.19. The van der Waals surface area contributed by atoms with Gasteiger partial charge in [-0.3, -0.25) is 4.79 Å². The van der Waals surface area contributed by atoms with E-state index in [1.54, 1.807) is 0 Å². The van der Waals surface area contributed by atoms with Crippen LogP contribution in [0.2, 0.25) is 0 Å². The number of carbonyl (C=O) groups excluding carboxylic acids is 1. The molecule has 2 N–H and O–H groups in total. The molecule has 1 fully saturated rings. The van der Waals surface area contributed by atoms with Gasteiger partial charge in [-0.05, 0) is 63.6 Å². The lowest BCUT2D eigenvalue weighted by Gasteiger charge is -2.30. The van der Waals surface area contributed by atoms with Gasteiger partial charge < -0.3 is 10.6 Å². The summed E-state index contributed by atoms with van der Waals surface area (Å²) in [6.45, 7) is 7.93. The highest BCUT2D eigenvalue weighted by molar-refractivity contribution is 5.81. The average Bonchev–Trinajstić information content (AvgIpc) is 2.43. The SMILES string of the molecule is CCNC(=O)C1CC(Cc2cc(C)ccc2C)CCN1. The summed E-state index contributed by atoms with van der Waals surface area (Å²) in [6.07, 6.45) is 3.19. The summed E-state index contributed by atoms with van der Waals surface area (Å²) >= 11 is 0. The van der Waals surface area contributed by atoms with Crippen molar-refractivity contribution in [1.29, 1.82) is 0 Å². The molecule has 2 rings (SSSR count). The fourth-order valence-electron chi connectivity index (χ4n) is 3.01. The molecule has 1 heterocycles. The first-order chi connectivity index (χ1) is 9.60. The van der Waals surface area contributed by atoms with Crippen LogP contribution in [0.1, 0.15) is 36.5 Å². The highest BCUT2D eigenvalue weighted by Crippen LogP contribution is 2.23. The first-order valence-corrected chi connectivity index (χ1v) is 7.67. The molecule has 2 unspecified atom stereocenters. The summed E-state index contributed by atoms with van der Waals surface area (Å²) in [4.78, 5) is 11.9. The van der Waals surface area contributed by atoms with Crippen LogP contribution in [-0.4, -0.2) is 25.0 Å². The predicted molar refractivity (Wildman–Crippen MR) is 82.8 cm³/mol. The molecule has 0 aromatic heterocycles. The van der Waals surface area contributed by atoms with Crippen LogP contribution in [0.4, 0.5) is 0 Å². The van der Waals surface area contributed by atoms with Gasteiger partial charge in [0.2, 0.25) is 5.91 Å². The maximum atomic E-state index is 11.9. The fraction of sp³-hybridized carbons (Fsp3) is 0.588. The normalized spacial score (nSPS) is 22.6. The number of hydrogen-bond acceptors (Lipinski definition) is 2. The van der Waals surface area contributed by atoms with Crippen molar-refractivity contribution in [2.75, 3.05) is 13.1 Å². The van der Waals surface area contributed by atoms with E-state index in [2.05, 4.69) is 42.7 Å². The van der Waals surface area contributed by atoms with E-state index in [1.807, 2.05) is 6.92 Å². The van der Waals surface area contributed by atoms with E-state index in [4.69, 9.17) is 0 Å². The van der Waals surface area contributed by atoms with Gasteiger partial charge in [0.25, 0.3) is 0 Å². The van der Waals surface area contributed by atoms with Gasteiger partial charge in [-0.1, -0.05) is 23.8 Å². The third-order valence-electron chi connectivity index (χ3n) is 4.19. The molecule has 0 aliphatic carbocycles. The minimum absolute atomic E-state index is 0.0150. The van der Waals surface area contributed by atoms with Gasteiger partial charge in [-0.15, -0.1) is 0 Å². The zero-order valence-electron chi connectivity index (χ0n) is 12.8. The molecule has 1 aromatic carbocycles. The van der Waals surface area contributed by atoms with Crippen molar-refractivity contribution in [3.8, 4) is 0 Å². The van der Waals surface area contributed by atoms with Crippen LogP contribution in [0.25, 0.3) is 0 Å². The number of aryl methyl sites for hydroxylation is 2. The Bertz CT molecular complexity index is 470. The lowest BCUT2D eigenvalue weighted by molar-refractivity contribution is -0.123.